The maximum atomic E-state index is 5.31. The SMILES string of the molecule is CC1C=C(c2nc(-c3ccccc3)nc(-c3ccc(C(c4ccc(-c5nc(-c6ccccc6)nc(-c6cccc(-c7ccccc7)c6)n5)cc4)(c4ccc5ccccc5c4)c4ccc5ccccc5c4)cc3)n2)C=C(c2ccccc2)C1. The van der Waals surface area contributed by atoms with E-state index >= 15 is 0 Å². The topological polar surface area (TPSA) is 77.3 Å². The van der Waals surface area contributed by atoms with Gasteiger partial charge in [0, 0.05) is 33.4 Å². The van der Waals surface area contributed by atoms with Crippen LogP contribution in [-0.4, -0.2) is 29.9 Å². The van der Waals surface area contributed by atoms with E-state index in [0.29, 0.717) is 40.9 Å². The Morgan fingerprint density at radius 2 is 0.634 bits per heavy atom. The molecule has 388 valence electrons. The second kappa shape index (κ2) is 21.6. The molecule has 0 saturated carbocycles. The molecule has 0 fully saturated rings. The van der Waals surface area contributed by atoms with Gasteiger partial charge in [0.15, 0.2) is 34.9 Å². The summed E-state index contributed by atoms with van der Waals surface area (Å²) >= 11 is 0. The van der Waals surface area contributed by atoms with Gasteiger partial charge in [0.2, 0.25) is 0 Å². The first kappa shape index (κ1) is 49.7. The van der Waals surface area contributed by atoms with Gasteiger partial charge in [-0.05, 0) is 103 Å². The van der Waals surface area contributed by atoms with E-state index in [9.17, 15) is 0 Å². The zero-order chi connectivity index (χ0) is 54.8. The van der Waals surface area contributed by atoms with E-state index in [1.54, 1.807) is 0 Å². The molecule has 14 rings (SSSR count). The van der Waals surface area contributed by atoms with Crippen LogP contribution in [-0.2, 0) is 5.41 Å². The fraction of sp³-hybridized carbons (Fsp3) is 0.0526. The molecule has 0 aliphatic heterocycles. The fourth-order valence-corrected chi connectivity index (χ4v) is 11.8. The van der Waals surface area contributed by atoms with E-state index in [-0.39, 0.29) is 0 Å². The van der Waals surface area contributed by atoms with Crippen molar-refractivity contribution >= 4 is 32.7 Å². The predicted molar refractivity (Wildman–Crippen MR) is 335 cm³/mol. The van der Waals surface area contributed by atoms with Crippen molar-refractivity contribution in [2.45, 2.75) is 18.8 Å². The Morgan fingerprint density at radius 3 is 1.11 bits per heavy atom. The Labute approximate surface area is 477 Å². The van der Waals surface area contributed by atoms with Crippen LogP contribution in [0.3, 0.4) is 0 Å². The van der Waals surface area contributed by atoms with Crippen LogP contribution < -0.4 is 0 Å². The van der Waals surface area contributed by atoms with Crippen molar-refractivity contribution in [2.24, 2.45) is 5.92 Å². The average Bonchev–Trinajstić information content (AvgIpc) is 2.22. The molecular formula is C76H54N6. The molecule has 6 nitrogen and oxygen atoms in total. The van der Waals surface area contributed by atoms with Crippen LogP contribution in [0.5, 0.6) is 0 Å². The minimum atomic E-state index is -0.830. The second-order valence-electron chi connectivity index (χ2n) is 21.2. The first-order valence-corrected chi connectivity index (χ1v) is 28.0. The summed E-state index contributed by atoms with van der Waals surface area (Å²) in [4.78, 5) is 31.3. The van der Waals surface area contributed by atoms with E-state index in [1.165, 1.54) is 21.9 Å². The van der Waals surface area contributed by atoms with E-state index in [2.05, 4.69) is 256 Å². The maximum absolute atomic E-state index is 5.31. The standard InChI is InChI=1S/C76H54N6/c1-51-45-64(53-21-8-3-9-22-53)48-65(46-51)75-81-71(57-27-12-5-13-28-57)78-73(82-75)59-37-41-67(42-38-59)76(68-43-33-54-23-14-16-29-61(54)49-68,69-44-34-55-24-15-17-30-62(55)50-69)66-39-35-58(36-40-66)72-77-70(56-25-10-4-11-26-56)79-74(80-72)63-32-18-31-60(47-63)52-19-6-2-7-20-52/h2-44,46-51H,45H2,1H3. The summed E-state index contributed by atoms with van der Waals surface area (Å²) in [6, 6.07) is 98.7. The summed E-state index contributed by atoms with van der Waals surface area (Å²) in [5.74, 6) is 3.98. The summed E-state index contributed by atoms with van der Waals surface area (Å²) in [5, 5.41) is 4.66. The van der Waals surface area contributed by atoms with Crippen LogP contribution in [0.15, 0.2) is 291 Å². The van der Waals surface area contributed by atoms with Crippen molar-refractivity contribution < 1.29 is 0 Å². The van der Waals surface area contributed by atoms with Gasteiger partial charge in [-0.1, -0.05) is 274 Å². The molecule has 0 radical (unpaired) electrons. The van der Waals surface area contributed by atoms with E-state index < -0.39 is 5.41 Å². The van der Waals surface area contributed by atoms with Crippen LogP contribution in [0.1, 0.15) is 47.0 Å². The van der Waals surface area contributed by atoms with Gasteiger partial charge in [-0.2, -0.15) is 0 Å². The number of aromatic nitrogens is 6. The molecule has 82 heavy (non-hydrogen) atoms. The smallest absolute Gasteiger partial charge is 0.164 e. The molecule has 0 amide bonds. The maximum Gasteiger partial charge on any atom is 0.164 e. The quantitative estimate of drug-likeness (QED) is 0.113. The highest BCUT2D eigenvalue weighted by Crippen LogP contribution is 2.48. The van der Waals surface area contributed by atoms with Gasteiger partial charge >= 0.3 is 0 Å². The zero-order valence-corrected chi connectivity index (χ0v) is 45.2. The Morgan fingerprint density at radius 1 is 0.280 bits per heavy atom. The normalized spacial score (nSPS) is 13.4. The van der Waals surface area contributed by atoms with Gasteiger partial charge in [0.05, 0.1) is 5.41 Å². The molecule has 1 atom stereocenters. The third-order valence-electron chi connectivity index (χ3n) is 15.8. The summed E-state index contributed by atoms with van der Waals surface area (Å²) in [5.41, 5.74) is 13.8. The summed E-state index contributed by atoms with van der Waals surface area (Å²) in [7, 11) is 0. The molecule has 0 bridgehead atoms. The minimum absolute atomic E-state index is 0.298. The fourth-order valence-electron chi connectivity index (χ4n) is 11.8. The van der Waals surface area contributed by atoms with Crippen LogP contribution in [0, 0.1) is 5.92 Å². The lowest BCUT2D eigenvalue weighted by atomic mass is 9.64. The molecular weight excluding hydrogens is 997 g/mol. The number of hydrogen-bond acceptors (Lipinski definition) is 6. The molecule has 6 heteroatoms. The molecule has 11 aromatic carbocycles. The molecule has 2 aromatic heterocycles. The number of nitrogens with zero attached hydrogens (tertiary/aromatic N) is 6. The van der Waals surface area contributed by atoms with Crippen molar-refractivity contribution in [3.63, 3.8) is 0 Å². The van der Waals surface area contributed by atoms with Crippen molar-refractivity contribution in [3.8, 4) is 68.1 Å². The van der Waals surface area contributed by atoms with Gasteiger partial charge in [-0.25, -0.2) is 29.9 Å². The molecule has 13 aromatic rings. The minimum Gasteiger partial charge on any atom is -0.208 e. The van der Waals surface area contributed by atoms with E-state index in [4.69, 9.17) is 29.9 Å². The first-order valence-electron chi connectivity index (χ1n) is 28.0. The van der Waals surface area contributed by atoms with Crippen LogP contribution in [0.25, 0.3) is 101 Å². The van der Waals surface area contributed by atoms with Crippen molar-refractivity contribution in [3.05, 3.63) is 325 Å². The van der Waals surface area contributed by atoms with Gasteiger partial charge in [-0.15, -0.1) is 0 Å². The Balaban J connectivity index is 0.940. The number of hydrogen-bond donors (Lipinski definition) is 0. The summed E-state index contributed by atoms with van der Waals surface area (Å²) in [6.07, 6.45) is 5.49. The Kier molecular flexibility index (Phi) is 13.1. The van der Waals surface area contributed by atoms with Gasteiger partial charge < -0.3 is 0 Å². The lowest BCUT2D eigenvalue weighted by Gasteiger charge is -2.37. The molecule has 0 N–H and O–H groups in total. The average molecular weight is 1050 g/mol. The lowest BCUT2D eigenvalue weighted by Crippen LogP contribution is -2.31. The molecule has 1 aliphatic carbocycles. The number of allylic oxidation sites excluding steroid dienone is 4. The molecule has 1 aliphatic rings. The van der Waals surface area contributed by atoms with E-state index in [0.717, 1.165) is 84.0 Å². The van der Waals surface area contributed by atoms with Crippen molar-refractivity contribution in [2.75, 3.05) is 0 Å². The van der Waals surface area contributed by atoms with Gasteiger partial charge in [0.1, 0.15) is 0 Å². The van der Waals surface area contributed by atoms with Gasteiger partial charge in [0.25, 0.3) is 0 Å². The molecule has 1 unspecified atom stereocenters. The second-order valence-corrected chi connectivity index (χ2v) is 21.2. The van der Waals surface area contributed by atoms with Crippen molar-refractivity contribution in [1.82, 2.24) is 29.9 Å². The highest BCUT2D eigenvalue weighted by Gasteiger charge is 2.39. The number of fused-ring (bicyclic) bond motifs is 2. The van der Waals surface area contributed by atoms with Gasteiger partial charge in [-0.3, -0.25) is 0 Å². The van der Waals surface area contributed by atoms with Crippen LogP contribution >= 0.6 is 0 Å². The summed E-state index contributed by atoms with van der Waals surface area (Å²) < 4.78 is 0. The third-order valence-corrected chi connectivity index (χ3v) is 15.8. The number of benzene rings is 11. The molecule has 0 saturated heterocycles. The Hall–Kier alpha value is -10.6. The zero-order valence-electron chi connectivity index (χ0n) is 45.2. The van der Waals surface area contributed by atoms with Crippen molar-refractivity contribution in [1.29, 1.82) is 0 Å². The monoisotopic (exact) mass is 1050 g/mol. The lowest BCUT2D eigenvalue weighted by molar-refractivity contribution is 0.748. The highest BCUT2D eigenvalue weighted by molar-refractivity contribution is 5.88. The summed E-state index contributed by atoms with van der Waals surface area (Å²) in [6.45, 7) is 2.26. The number of rotatable bonds is 12. The van der Waals surface area contributed by atoms with E-state index in [1.807, 2.05) is 42.5 Å². The first-order chi connectivity index (χ1) is 40.5. The third kappa shape index (κ3) is 9.67. The molecule has 0 spiro atoms. The van der Waals surface area contributed by atoms with Crippen LogP contribution in [0.2, 0.25) is 0 Å². The van der Waals surface area contributed by atoms with Crippen LogP contribution in [0.4, 0.5) is 0 Å². The molecule has 2 heterocycles. The Bertz CT molecular complexity index is 4440. The highest BCUT2D eigenvalue weighted by atomic mass is 15.0. The predicted octanol–water partition coefficient (Wildman–Crippen LogP) is 18.3. The largest absolute Gasteiger partial charge is 0.208 e.